The van der Waals surface area contributed by atoms with Crippen molar-refractivity contribution in [1.82, 2.24) is 5.32 Å². The lowest BCUT2D eigenvalue weighted by molar-refractivity contribution is 0.0941. The van der Waals surface area contributed by atoms with Gasteiger partial charge in [-0.15, -0.1) is 0 Å². The first-order chi connectivity index (χ1) is 11.9. The van der Waals surface area contributed by atoms with Crippen LogP contribution in [0.15, 0.2) is 48.5 Å². The van der Waals surface area contributed by atoms with Gasteiger partial charge in [-0.1, -0.05) is 18.2 Å². The van der Waals surface area contributed by atoms with E-state index in [0.29, 0.717) is 18.5 Å². The van der Waals surface area contributed by atoms with Crippen LogP contribution in [0.4, 0.5) is 10.1 Å². The van der Waals surface area contributed by atoms with Crippen molar-refractivity contribution in [2.24, 2.45) is 0 Å². The molecule has 2 N–H and O–H groups in total. The highest BCUT2D eigenvalue weighted by Gasteiger charge is 2.29. The van der Waals surface area contributed by atoms with Gasteiger partial charge in [0.2, 0.25) is 0 Å². The zero-order valence-corrected chi connectivity index (χ0v) is 14.4. The summed E-state index contributed by atoms with van der Waals surface area (Å²) in [5, 5.41) is 5.91. The predicted octanol–water partition coefficient (Wildman–Crippen LogP) is 2.35. The van der Waals surface area contributed by atoms with E-state index in [0.717, 1.165) is 11.3 Å². The highest BCUT2D eigenvalue weighted by Crippen LogP contribution is 2.15. The van der Waals surface area contributed by atoms with E-state index in [9.17, 15) is 17.6 Å². The molecule has 3 rings (SSSR count). The van der Waals surface area contributed by atoms with Crippen molar-refractivity contribution in [2.45, 2.75) is 19.0 Å². The third-order valence-corrected chi connectivity index (χ3v) is 5.85. The second-order valence-electron chi connectivity index (χ2n) is 6.14. The van der Waals surface area contributed by atoms with Crippen LogP contribution in [-0.4, -0.2) is 31.9 Å². The maximum atomic E-state index is 13.2. The normalized spacial score (nSPS) is 18.7. The summed E-state index contributed by atoms with van der Waals surface area (Å²) in [7, 11) is -3.03. The highest BCUT2D eigenvalue weighted by molar-refractivity contribution is 7.91. The van der Waals surface area contributed by atoms with Gasteiger partial charge in [0.15, 0.2) is 9.84 Å². The molecule has 0 radical (unpaired) electrons. The number of halogens is 1. The molecule has 0 saturated carbocycles. The summed E-state index contributed by atoms with van der Waals surface area (Å²) >= 11 is 0. The van der Waals surface area contributed by atoms with Crippen molar-refractivity contribution in [3.8, 4) is 0 Å². The lowest BCUT2D eigenvalue weighted by Crippen LogP contribution is -2.35. The predicted molar refractivity (Wildman–Crippen MR) is 94.7 cm³/mol. The first-order valence-electron chi connectivity index (χ1n) is 8.01. The van der Waals surface area contributed by atoms with Crippen molar-refractivity contribution in [1.29, 1.82) is 0 Å². The van der Waals surface area contributed by atoms with E-state index in [-0.39, 0.29) is 29.3 Å². The van der Waals surface area contributed by atoms with Crippen LogP contribution in [0.5, 0.6) is 0 Å². The van der Waals surface area contributed by atoms with Gasteiger partial charge in [0.05, 0.1) is 11.5 Å². The van der Waals surface area contributed by atoms with E-state index in [1.165, 1.54) is 12.1 Å². The zero-order valence-electron chi connectivity index (χ0n) is 13.5. The molecule has 7 heteroatoms. The minimum atomic E-state index is -3.03. The monoisotopic (exact) mass is 362 g/mol. The summed E-state index contributed by atoms with van der Waals surface area (Å²) in [6.45, 7) is 0.434. The number of carbonyl (C=O) groups is 1. The molecule has 1 atom stereocenters. The molecule has 132 valence electrons. The fourth-order valence-corrected chi connectivity index (χ4v) is 4.47. The molecule has 25 heavy (non-hydrogen) atoms. The van der Waals surface area contributed by atoms with Crippen molar-refractivity contribution in [3.63, 3.8) is 0 Å². The molecule has 5 nitrogen and oxygen atoms in total. The van der Waals surface area contributed by atoms with Gasteiger partial charge in [-0.05, 0) is 42.3 Å². The number of hydrogen-bond acceptors (Lipinski definition) is 4. The van der Waals surface area contributed by atoms with Gasteiger partial charge in [0.25, 0.3) is 5.91 Å². The Morgan fingerprint density at radius 2 is 1.96 bits per heavy atom. The third-order valence-electron chi connectivity index (χ3n) is 4.08. The second kappa shape index (κ2) is 7.23. The first-order valence-corrected chi connectivity index (χ1v) is 9.83. The number of carbonyl (C=O) groups excluding carboxylic acids is 1. The number of rotatable bonds is 5. The van der Waals surface area contributed by atoms with E-state index in [4.69, 9.17) is 0 Å². The Bertz CT molecular complexity index is 883. The Kier molecular flexibility index (Phi) is 5.03. The molecule has 2 aromatic carbocycles. The van der Waals surface area contributed by atoms with Gasteiger partial charge in [-0.3, -0.25) is 4.79 Å². The van der Waals surface area contributed by atoms with Crippen molar-refractivity contribution in [3.05, 3.63) is 65.5 Å². The average Bonchev–Trinajstić information content (AvgIpc) is 2.92. The number of nitrogens with one attached hydrogen (secondary N) is 2. The lowest BCUT2D eigenvalue weighted by atomic mass is 10.1. The molecule has 1 saturated heterocycles. The van der Waals surface area contributed by atoms with Crippen LogP contribution in [0.1, 0.15) is 22.3 Å². The molecule has 1 aliphatic heterocycles. The molecule has 0 bridgehead atoms. The second-order valence-corrected chi connectivity index (χ2v) is 8.37. The smallest absolute Gasteiger partial charge is 0.251 e. The number of sulfone groups is 1. The van der Waals surface area contributed by atoms with Crippen LogP contribution in [-0.2, 0) is 16.4 Å². The van der Waals surface area contributed by atoms with Crippen LogP contribution in [0.3, 0.4) is 0 Å². The zero-order chi connectivity index (χ0) is 17.9. The van der Waals surface area contributed by atoms with E-state index in [1.54, 1.807) is 24.3 Å². The molecule has 1 fully saturated rings. The molecule has 1 aliphatic rings. The Balaban J connectivity index is 1.62. The Morgan fingerprint density at radius 1 is 1.16 bits per heavy atom. The number of anilines is 1. The van der Waals surface area contributed by atoms with E-state index in [2.05, 4.69) is 10.6 Å². The summed E-state index contributed by atoms with van der Waals surface area (Å²) in [5.74, 6) is -0.473. The molecule has 1 amide bonds. The Morgan fingerprint density at radius 3 is 2.68 bits per heavy atom. The van der Waals surface area contributed by atoms with Crippen molar-refractivity contribution < 1.29 is 17.6 Å². The lowest BCUT2D eigenvalue weighted by Gasteiger charge is -2.12. The summed E-state index contributed by atoms with van der Waals surface area (Å²) < 4.78 is 36.1. The highest BCUT2D eigenvalue weighted by atomic mass is 32.2. The maximum Gasteiger partial charge on any atom is 0.251 e. The van der Waals surface area contributed by atoms with Crippen LogP contribution < -0.4 is 10.6 Å². The molecule has 1 heterocycles. The summed E-state index contributed by atoms with van der Waals surface area (Å²) in [4.78, 5) is 12.3. The van der Waals surface area contributed by atoms with Crippen molar-refractivity contribution >= 4 is 21.4 Å². The largest absolute Gasteiger partial charge is 0.381 e. The quantitative estimate of drug-likeness (QED) is 0.856. The fraction of sp³-hybridized carbons (Fsp3) is 0.278. The van der Waals surface area contributed by atoms with Gasteiger partial charge in [-0.2, -0.15) is 0 Å². The summed E-state index contributed by atoms with van der Waals surface area (Å²) in [5.41, 5.74) is 1.98. The first kappa shape index (κ1) is 17.4. The van der Waals surface area contributed by atoms with Crippen LogP contribution in [0, 0.1) is 5.82 Å². The standard InChI is InChI=1S/C18H19FN2O3S/c19-15-5-1-3-13(9-15)11-20-16-6-2-4-14(10-16)18(22)21-17-7-8-25(23,24)12-17/h1-6,9-10,17,20H,7-8,11-12H2,(H,21,22)/t17-/m1/s1. The maximum absolute atomic E-state index is 13.2. The minimum absolute atomic E-state index is 0.00372. The molecule has 0 unspecified atom stereocenters. The molecule has 2 aromatic rings. The van der Waals surface area contributed by atoms with Crippen LogP contribution >= 0.6 is 0 Å². The number of benzene rings is 2. The van der Waals surface area contributed by atoms with Crippen LogP contribution in [0.2, 0.25) is 0 Å². The number of hydrogen-bond donors (Lipinski definition) is 2. The average molecular weight is 362 g/mol. The van der Waals surface area contributed by atoms with Gasteiger partial charge in [0, 0.05) is 23.8 Å². The van der Waals surface area contributed by atoms with E-state index < -0.39 is 9.84 Å². The van der Waals surface area contributed by atoms with Crippen molar-refractivity contribution in [2.75, 3.05) is 16.8 Å². The Labute approximate surface area is 146 Å². The molecule has 0 spiro atoms. The summed E-state index contributed by atoms with van der Waals surface area (Å²) in [6, 6.07) is 12.9. The van der Waals surface area contributed by atoms with Crippen LogP contribution in [0.25, 0.3) is 0 Å². The minimum Gasteiger partial charge on any atom is -0.381 e. The molecule has 0 aromatic heterocycles. The van der Waals surface area contributed by atoms with E-state index in [1.807, 2.05) is 12.1 Å². The van der Waals surface area contributed by atoms with Gasteiger partial charge >= 0.3 is 0 Å². The Hall–Kier alpha value is -2.41. The fourth-order valence-electron chi connectivity index (χ4n) is 2.80. The topological polar surface area (TPSA) is 75.3 Å². The van der Waals surface area contributed by atoms with Gasteiger partial charge < -0.3 is 10.6 Å². The van der Waals surface area contributed by atoms with E-state index >= 15 is 0 Å². The molecule has 0 aliphatic carbocycles. The molecular formula is C18H19FN2O3S. The third kappa shape index (κ3) is 4.79. The van der Waals surface area contributed by atoms with Gasteiger partial charge in [-0.25, -0.2) is 12.8 Å². The summed E-state index contributed by atoms with van der Waals surface area (Å²) in [6.07, 6.45) is 0.450. The number of amides is 1. The SMILES string of the molecule is O=C(N[C@@H]1CCS(=O)(=O)C1)c1cccc(NCc2cccc(F)c2)c1. The van der Waals surface area contributed by atoms with Gasteiger partial charge in [0.1, 0.15) is 5.82 Å². The molecular weight excluding hydrogens is 343 g/mol.